The zero-order chi connectivity index (χ0) is 15.8. The van der Waals surface area contributed by atoms with Gasteiger partial charge in [0, 0.05) is 36.3 Å². The number of nitrogens with one attached hydrogen (secondary N) is 2. The molecular formula is C18H16N2O3. The first-order valence-electron chi connectivity index (χ1n) is 7.71. The van der Waals surface area contributed by atoms with E-state index in [4.69, 9.17) is 4.74 Å². The molecule has 0 fully saturated rings. The lowest BCUT2D eigenvalue weighted by atomic mass is 10.0. The molecule has 2 aliphatic heterocycles. The normalized spacial score (nSPS) is 16.0. The first kappa shape index (κ1) is 13.8. The van der Waals surface area contributed by atoms with Crippen LogP contribution in [0, 0.1) is 0 Å². The summed E-state index contributed by atoms with van der Waals surface area (Å²) in [7, 11) is 0. The number of anilines is 2. The molecule has 0 saturated heterocycles. The van der Waals surface area contributed by atoms with Gasteiger partial charge in [-0.15, -0.1) is 0 Å². The van der Waals surface area contributed by atoms with E-state index < -0.39 is 0 Å². The maximum Gasteiger partial charge on any atom is 0.224 e. The SMILES string of the molecule is O=C1CCc2ccc(Oc3ccc4c(c3)NC(=O)CC4)cc2N1. The van der Waals surface area contributed by atoms with E-state index in [-0.39, 0.29) is 11.8 Å². The van der Waals surface area contributed by atoms with Gasteiger partial charge in [0.1, 0.15) is 11.5 Å². The molecule has 5 heteroatoms. The summed E-state index contributed by atoms with van der Waals surface area (Å²) in [5.41, 5.74) is 3.86. The van der Waals surface area contributed by atoms with Gasteiger partial charge in [-0.3, -0.25) is 9.59 Å². The maximum absolute atomic E-state index is 11.5. The lowest BCUT2D eigenvalue weighted by Gasteiger charge is -2.19. The van der Waals surface area contributed by atoms with E-state index >= 15 is 0 Å². The van der Waals surface area contributed by atoms with E-state index in [9.17, 15) is 9.59 Å². The van der Waals surface area contributed by atoms with Crippen molar-refractivity contribution in [1.82, 2.24) is 0 Å². The average Bonchev–Trinajstić information content (AvgIpc) is 2.54. The molecule has 4 rings (SSSR count). The molecule has 5 nitrogen and oxygen atoms in total. The van der Waals surface area contributed by atoms with Gasteiger partial charge in [-0.1, -0.05) is 12.1 Å². The Morgan fingerprint density at radius 3 is 1.65 bits per heavy atom. The van der Waals surface area contributed by atoms with Crippen LogP contribution in [-0.4, -0.2) is 11.8 Å². The monoisotopic (exact) mass is 308 g/mol. The number of ether oxygens (including phenoxy) is 1. The fourth-order valence-corrected chi connectivity index (χ4v) is 2.96. The third-order valence-electron chi connectivity index (χ3n) is 4.19. The van der Waals surface area contributed by atoms with Crippen molar-refractivity contribution in [3.63, 3.8) is 0 Å². The van der Waals surface area contributed by atoms with E-state index in [1.807, 2.05) is 36.4 Å². The molecule has 2 aromatic rings. The second kappa shape index (κ2) is 5.43. The molecule has 0 bridgehead atoms. The van der Waals surface area contributed by atoms with Gasteiger partial charge in [-0.2, -0.15) is 0 Å². The van der Waals surface area contributed by atoms with Crippen molar-refractivity contribution >= 4 is 23.2 Å². The van der Waals surface area contributed by atoms with Gasteiger partial charge in [-0.25, -0.2) is 0 Å². The standard InChI is InChI=1S/C18H16N2O3/c21-17-7-3-11-1-5-13(9-15(11)19-17)23-14-6-2-12-4-8-18(22)20-16(12)10-14/h1-2,5-6,9-10H,3-4,7-8H2,(H,19,21)(H,20,22). The molecule has 2 heterocycles. The highest BCUT2D eigenvalue weighted by Crippen LogP contribution is 2.32. The van der Waals surface area contributed by atoms with Crippen LogP contribution < -0.4 is 15.4 Å². The topological polar surface area (TPSA) is 67.4 Å². The molecule has 2 aromatic carbocycles. The molecule has 0 aromatic heterocycles. The number of benzene rings is 2. The molecule has 0 radical (unpaired) electrons. The number of hydrogen-bond acceptors (Lipinski definition) is 3. The van der Waals surface area contributed by atoms with Gasteiger partial charge in [0.25, 0.3) is 0 Å². The Bertz CT molecular complexity index is 746. The van der Waals surface area contributed by atoms with Crippen LogP contribution in [0.3, 0.4) is 0 Å². The first-order chi connectivity index (χ1) is 11.2. The number of carbonyl (C=O) groups is 2. The molecule has 0 saturated carbocycles. The molecule has 0 spiro atoms. The van der Waals surface area contributed by atoms with E-state index in [1.54, 1.807) is 0 Å². The quantitative estimate of drug-likeness (QED) is 0.895. The smallest absolute Gasteiger partial charge is 0.224 e. The summed E-state index contributed by atoms with van der Waals surface area (Å²) < 4.78 is 5.88. The van der Waals surface area contributed by atoms with Crippen LogP contribution in [0.2, 0.25) is 0 Å². The van der Waals surface area contributed by atoms with Crippen molar-refractivity contribution in [3.05, 3.63) is 47.5 Å². The molecule has 0 aliphatic carbocycles. The summed E-state index contributed by atoms with van der Waals surface area (Å²) in [5.74, 6) is 1.39. The summed E-state index contributed by atoms with van der Waals surface area (Å²) in [5, 5.41) is 5.73. The van der Waals surface area contributed by atoms with Crippen molar-refractivity contribution in [2.45, 2.75) is 25.7 Å². The predicted octanol–water partition coefficient (Wildman–Crippen LogP) is 3.25. The van der Waals surface area contributed by atoms with Crippen molar-refractivity contribution in [2.24, 2.45) is 0 Å². The largest absolute Gasteiger partial charge is 0.457 e. The zero-order valence-electron chi connectivity index (χ0n) is 12.5. The molecule has 2 N–H and O–H groups in total. The van der Waals surface area contributed by atoms with Crippen molar-refractivity contribution in [2.75, 3.05) is 10.6 Å². The van der Waals surface area contributed by atoms with Gasteiger partial charge in [0.2, 0.25) is 11.8 Å². The summed E-state index contributed by atoms with van der Waals surface area (Å²) in [6.07, 6.45) is 2.56. The molecule has 0 unspecified atom stereocenters. The van der Waals surface area contributed by atoms with Crippen LogP contribution in [0.25, 0.3) is 0 Å². The molecule has 2 amide bonds. The van der Waals surface area contributed by atoms with Gasteiger partial charge in [-0.05, 0) is 36.1 Å². The number of fused-ring (bicyclic) bond motifs is 2. The van der Waals surface area contributed by atoms with E-state index in [0.29, 0.717) is 24.3 Å². The predicted molar refractivity (Wildman–Crippen MR) is 86.9 cm³/mol. The minimum atomic E-state index is 0.0335. The van der Waals surface area contributed by atoms with Gasteiger partial charge in [0.05, 0.1) is 0 Å². The third-order valence-corrected chi connectivity index (χ3v) is 4.19. The Balaban J connectivity index is 1.59. The minimum Gasteiger partial charge on any atom is -0.457 e. The molecule has 2 aliphatic rings. The second-order valence-electron chi connectivity index (χ2n) is 5.84. The van der Waals surface area contributed by atoms with Gasteiger partial charge < -0.3 is 15.4 Å². The van der Waals surface area contributed by atoms with Crippen LogP contribution >= 0.6 is 0 Å². The van der Waals surface area contributed by atoms with Crippen LogP contribution in [-0.2, 0) is 22.4 Å². The lowest BCUT2D eigenvalue weighted by Crippen LogP contribution is -2.19. The summed E-state index contributed by atoms with van der Waals surface area (Å²) in [6.45, 7) is 0. The number of aryl methyl sites for hydroxylation is 2. The number of carbonyl (C=O) groups excluding carboxylic acids is 2. The summed E-state index contributed by atoms with van der Waals surface area (Å²) in [4.78, 5) is 23.0. The molecule has 0 atom stereocenters. The highest BCUT2D eigenvalue weighted by atomic mass is 16.5. The van der Waals surface area contributed by atoms with Crippen molar-refractivity contribution in [3.8, 4) is 11.5 Å². The zero-order valence-corrected chi connectivity index (χ0v) is 12.5. The highest BCUT2D eigenvalue weighted by Gasteiger charge is 2.17. The Morgan fingerprint density at radius 2 is 1.17 bits per heavy atom. The molecular weight excluding hydrogens is 292 g/mol. The minimum absolute atomic E-state index is 0.0335. The maximum atomic E-state index is 11.5. The fraction of sp³-hybridized carbons (Fsp3) is 0.222. The van der Waals surface area contributed by atoms with E-state index in [0.717, 1.165) is 35.3 Å². The van der Waals surface area contributed by atoms with Crippen LogP contribution in [0.1, 0.15) is 24.0 Å². The Morgan fingerprint density at radius 1 is 0.696 bits per heavy atom. The summed E-state index contributed by atoms with van der Waals surface area (Å²) >= 11 is 0. The Labute approximate surface area is 133 Å². The third kappa shape index (κ3) is 2.77. The lowest BCUT2D eigenvalue weighted by molar-refractivity contribution is -0.117. The van der Waals surface area contributed by atoms with Gasteiger partial charge >= 0.3 is 0 Å². The number of rotatable bonds is 2. The van der Waals surface area contributed by atoms with Crippen molar-refractivity contribution < 1.29 is 14.3 Å². The molecule has 23 heavy (non-hydrogen) atoms. The second-order valence-corrected chi connectivity index (χ2v) is 5.84. The first-order valence-corrected chi connectivity index (χ1v) is 7.71. The van der Waals surface area contributed by atoms with E-state index in [2.05, 4.69) is 10.6 Å². The number of amides is 2. The van der Waals surface area contributed by atoms with Crippen molar-refractivity contribution in [1.29, 1.82) is 0 Å². The fourth-order valence-electron chi connectivity index (χ4n) is 2.96. The average molecular weight is 308 g/mol. The Kier molecular flexibility index (Phi) is 3.26. The highest BCUT2D eigenvalue weighted by molar-refractivity contribution is 5.94. The van der Waals surface area contributed by atoms with Crippen LogP contribution in [0.5, 0.6) is 11.5 Å². The Hall–Kier alpha value is -2.82. The molecule has 116 valence electrons. The summed E-state index contributed by atoms with van der Waals surface area (Å²) in [6, 6.07) is 11.4. The van der Waals surface area contributed by atoms with Crippen LogP contribution in [0.15, 0.2) is 36.4 Å². The van der Waals surface area contributed by atoms with Gasteiger partial charge in [0.15, 0.2) is 0 Å². The van der Waals surface area contributed by atoms with E-state index in [1.165, 1.54) is 0 Å². The number of hydrogen-bond donors (Lipinski definition) is 2. The van der Waals surface area contributed by atoms with Crippen LogP contribution in [0.4, 0.5) is 11.4 Å².